The zero-order valence-electron chi connectivity index (χ0n) is 8.85. The minimum atomic E-state index is -0.235. The van der Waals surface area contributed by atoms with Gasteiger partial charge in [0.05, 0.1) is 18.6 Å². The largest absolute Gasteiger partial charge is 0.332 e. The highest BCUT2D eigenvalue weighted by Crippen LogP contribution is 2.16. The van der Waals surface area contributed by atoms with Gasteiger partial charge in [0.1, 0.15) is 0 Å². The average molecular weight is 290 g/mol. The fourth-order valence-electron chi connectivity index (χ4n) is 1.65. The summed E-state index contributed by atoms with van der Waals surface area (Å²) in [6.45, 7) is 0.382. The number of aromatic nitrogens is 3. The van der Waals surface area contributed by atoms with Crippen LogP contribution in [0.1, 0.15) is 0 Å². The summed E-state index contributed by atoms with van der Waals surface area (Å²) >= 11 is 3.31. The van der Waals surface area contributed by atoms with Gasteiger partial charge in [-0.05, 0) is 22.0 Å². The second kappa shape index (κ2) is 4.48. The molecule has 0 radical (unpaired) electrons. The minimum Gasteiger partial charge on any atom is -0.279 e. The third-order valence-corrected chi connectivity index (χ3v) is 2.75. The Morgan fingerprint density at radius 3 is 2.59 bits per heavy atom. The van der Waals surface area contributed by atoms with Crippen molar-refractivity contribution in [3.63, 3.8) is 0 Å². The maximum atomic E-state index is 12.1. The second-order valence-corrected chi connectivity index (χ2v) is 4.28. The van der Waals surface area contributed by atoms with Crippen molar-refractivity contribution >= 4 is 27.1 Å². The van der Waals surface area contributed by atoms with E-state index in [0.29, 0.717) is 11.2 Å². The Balaban J connectivity index is 2.85. The van der Waals surface area contributed by atoms with Gasteiger partial charge < -0.3 is 0 Å². The molecule has 2 rings (SSSR count). The van der Waals surface area contributed by atoms with Crippen LogP contribution in [0.2, 0.25) is 0 Å². The van der Waals surface area contributed by atoms with Gasteiger partial charge in [-0.2, -0.15) is 0 Å². The Bertz CT molecular complexity index is 712. The molecular formula is C12H8BrN3O. The first-order valence-electron chi connectivity index (χ1n) is 4.80. The van der Waals surface area contributed by atoms with Gasteiger partial charge >= 0.3 is 5.69 Å². The third kappa shape index (κ3) is 1.86. The molecule has 0 unspecified atom stereocenters. The summed E-state index contributed by atoms with van der Waals surface area (Å²) in [6.07, 6.45) is 12.1. The molecule has 0 saturated carbocycles. The first-order chi connectivity index (χ1) is 8.19. The fraction of sp³-hybridized carbons (Fsp3) is 0.167. The van der Waals surface area contributed by atoms with Crippen LogP contribution in [0, 0.1) is 24.7 Å². The molecule has 0 fully saturated rings. The molecule has 0 saturated heterocycles. The normalized spacial score (nSPS) is 10.1. The van der Waals surface area contributed by atoms with Gasteiger partial charge in [0.25, 0.3) is 0 Å². The van der Waals surface area contributed by atoms with E-state index < -0.39 is 0 Å². The van der Waals surface area contributed by atoms with Crippen molar-refractivity contribution in [2.45, 2.75) is 13.1 Å². The number of halogens is 1. The molecule has 17 heavy (non-hydrogen) atoms. The standard InChI is InChI=1S/C12H8BrN3O/c1-3-5-15-10-7-9(13)8-14-11(10)16(6-4-2)12(15)17/h1-2,7-8H,5-6H2. The summed E-state index contributed by atoms with van der Waals surface area (Å²) in [5, 5.41) is 0. The second-order valence-electron chi connectivity index (χ2n) is 3.36. The SMILES string of the molecule is C#CCn1c(=O)n(CC#C)c2ncc(Br)cc21. The highest BCUT2D eigenvalue weighted by Gasteiger charge is 2.13. The van der Waals surface area contributed by atoms with Crippen molar-refractivity contribution in [2.75, 3.05) is 0 Å². The molecule has 2 aromatic heterocycles. The molecule has 2 aromatic rings. The van der Waals surface area contributed by atoms with E-state index in [-0.39, 0.29) is 18.8 Å². The van der Waals surface area contributed by atoms with Crippen LogP contribution in [-0.2, 0) is 13.1 Å². The summed E-state index contributed by atoms with van der Waals surface area (Å²) < 4.78 is 3.69. The summed E-state index contributed by atoms with van der Waals surface area (Å²) in [4.78, 5) is 16.3. The number of nitrogens with zero attached hydrogens (tertiary/aromatic N) is 3. The third-order valence-electron chi connectivity index (χ3n) is 2.32. The van der Waals surface area contributed by atoms with Crippen molar-refractivity contribution in [2.24, 2.45) is 0 Å². The molecular weight excluding hydrogens is 282 g/mol. The predicted molar refractivity (Wildman–Crippen MR) is 69.4 cm³/mol. The van der Waals surface area contributed by atoms with Gasteiger partial charge in [-0.25, -0.2) is 9.78 Å². The molecule has 0 N–H and O–H groups in total. The number of hydrogen-bond donors (Lipinski definition) is 0. The fourth-order valence-corrected chi connectivity index (χ4v) is 1.96. The number of terminal acetylenes is 2. The summed E-state index contributed by atoms with van der Waals surface area (Å²) in [7, 11) is 0. The Kier molecular flexibility index (Phi) is 3.03. The number of fused-ring (bicyclic) bond motifs is 1. The topological polar surface area (TPSA) is 39.8 Å². The Morgan fingerprint density at radius 1 is 1.29 bits per heavy atom. The monoisotopic (exact) mass is 289 g/mol. The Morgan fingerprint density at radius 2 is 1.94 bits per heavy atom. The van der Waals surface area contributed by atoms with Crippen LogP contribution < -0.4 is 5.69 Å². The lowest BCUT2D eigenvalue weighted by Crippen LogP contribution is -2.23. The Hall–Kier alpha value is -1.98. The zero-order valence-corrected chi connectivity index (χ0v) is 10.4. The summed E-state index contributed by atoms with van der Waals surface area (Å²) in [5.41, 5.74) is 0.991. The van der Waals surface area contributed by atoms with Crippen molar-refractivity contribution in [3.05, 3.63) is 27.2 Å². The van der Waals surface area contributed by atoms with E-state index in [4.69, 9.17) is 12.8 Å². The van der Waals surface area contributed by atoms with Crippen LogP contribution in [-0.4, -0.2) is 14.1 Å². The van der Waals surface area contributed by atoms with Crippen LogP contribution in [0.25, 0.3) is 11.2 Å². The number of pyridine rings is 1. The number of hydrogen-bond acceptors (Lipinski definition) is 2. The van der Waals surface area contributed by atoms with Gasteiger partial charge in [-0.15, -0.1) is 12.8 Å². The van der Waals surface area contributed by atoms with Crippen molar-refractivity contribution in [1.82, 2.24) is 14.1 Å². The molecule has 0 atom stereocenters. The summed E-state index contributed by atoms with van der Waals surface area (Å²) in [5.74, 6) is 4.88. The molecule has 0 aromatic carbocycles. The number of rotatable bonds is 2. The minimum absolute atomic E-state index is 0.182. The molecule has 84 valence electrons. The van der Waals surface area contributed by atoms with Gasteiger partial charge in [0.15, 0.2) is 5.65 Å². The van der Waals surface area contributed by atoms with Crippen molar-refractivity contribution < 1.29 is 0 Å². The van der Waals surface area contributed by atoms with E-state index in [1.807, 2.05) is 0 Å². The maximum Gasteiger partial charge on any atom is 0.332 e. The molecule has 0 aliphatic heterocycles. The van der Waals surface area contributed by atoms with Gasteiger partial charge in [0.2, 0.25) is 0 Å². The van der Waals surface area contributed by atoms with Crippen LogP contribution in [0.5, 0.6) is 0 Å². The lowest BCUT2D eigenvalue weighted by molar-refractivity contribution is 0.731. The first-order valence-corrected chi connectivity index (χ1v) is 5.60. The molecule has 0 aliphatic rings. The zero-order chi connectivity index (χ0) is 12.4. The van der Waals surface area contributed by atoms with Crippen LogP contribution in [0.15, 0.2) is 21.5 Å². The highest BCUT2D eigenvalue weighted by molar-refractivity contribution is 9.10. The quantitative estimate of drug-likeness (QED) is 0.780. The highest BCUT2D eigenvalue weighted by atomic mass is 79.9. The van der Waals surface area contributed by atoms with E-state index >= 15 is 0 Å². The lowest BCUT2D eigenvalue weighted by atomic mass is 10.4. The Labute approximate surface area is 106 Å². The van der Waals surface area contributed by atoms with E-state index in [1.165, 1.54) is 9.13 Å². The van der Waals surface area contributed by atoms with E-state index in [9.17, 15) is 4.79 Å². The molecule has 0 amide bonds. The van der Waals surface area contributed by atoms with Crippen molar-refractivity contribution in [3.8, 4) is 24.7 Å². The van der Waals surface area contributed by atoms with Gasteiger partial charge in [-0.1, -0.05) is 11.8 Å². The molecule has 5 heteroatoms. The molecule has 0 spiro atoms. The number of imidazole rings is 1. The predicted octanol–water partition coefficient (Wildman–Crippen LogP) is 1.23. The van der Waals surface area contributed by atoms with Gasteiger partial charge in [0, 0.05) is 10.7 Å². The molecule has 0 aliphatic carbocycles. The molecule has 0 bridgehead atoms. The molecule has 2 heterocycles. The van der Waals surface area contributed by atoms with E-state index in [1.54, 1.807) is 12.3 Å². The van der Waals surface area contributed by atoms with E-state index in [2.05, 4.69) is 32.8 Å². The lowest BCUT2D eigenvalue weighted by Gasteiger charge is -1.96. The maximum absolute atomic E-state index is 12.1. The first kappa shape index (κ1) is 11.5. The van der Waals surface area contributed by atoms with Crippen LogP contribution in [0.4, 0.5) is 0 Å². The smallest absolute Gasteiger partial charge is 0.279 e. The van der Waals surface area contributed by atoms with Crippen LogP contribution >= 0.6 is 15.9 Å². The summed E-state index contributed by atoms with van der Waals surface area (Å²) in [6, 6.07) is 1.80. The van der Waals surface area contributed by atoms with Crippen molar-refractivity contribution in [1.29, 1.82) is 0 Å². The van der Waals surface area contributed by atoms with Gasteiger partial charge in [-0.3, -0.25) is 9.13 Å². The van der Waals surface area contributed by atoms with Crippen LogP contribution in [0.3, 0.4) is 0 Å². The van der Waals surface area contributed by atoms with E-state index in [0.717, 1.165) is 4.47 Å². The molecule has 4 nitrogen and oxygen atoms in total. The average Bonchev–Trinajstić information content (AvgIpc) is 2.55.